The molecule has 4 nitrogen and oxygen atoms in total. The summed E-state index contributed by atoms with van der Waals surface area (Å²) in [5.74, 6) is 0. The minimum absolute atomic E-state index is 0.0314. The van der Waals surface area contributed by atoms with E-state index < -0.39 is 10.0 Å². The molecule has 1 unspecified atom stereocenters. The molecule has 1 aliphatic rings. The smallest absolute Gasteiger partial charge is 0.211 e. The van der Waals surface area contributed by atoms with Crippen LogP contribution in [0.4, 0.5) is 0 Å². The van der Waals surface area contributed by atoms with Crippen LogP contribution in [-0.2, 0) is 23.0 Å². The highest BCUT2D eigenvalue weighted by Crippen LogP contribution is 2.24. The predicted octanol–water partition coefficient (Wildman–Crippen LogP) is 1.41. The van der Waals surface area contributed by atoms with Crippen molar-refractivity contribution < 1.29 is 8.42 Å². The van der Waals surface area contributed by atoms with Crippen molar-refractivity contribution >= 4 is 10.0 Å². The van der Waals surface area contributed by atoms with Crippen molar-refractivity contribution in [1.29, 1.82) is 0 Å². The number of nitrogens with zero attached hydrogens (tertiary/aromatic N) is 1. The van der Waals surface area contributed by atoms with Crippen molar-refractivity contribution in [1.82, 2.24) is 4.31 Å². The van der Waals surface area contributed by atoms with Crippen LogP contribution >= 0.6 is 0 Å². The normalized spacial score (nSPS) is 18.4. The van der Waals surface area contributed by atoms with Crippen molar-refractivity contribution in [3.8, 4) is 0 Å². The molecule has 1 aliphatic heterocycles. The topological polar surface area (TPSA) is 63.4 Å². The van der Waals surface area contributed by atoms with Crippen molar-refractivity contribution in [2.75, 3.05) is 12.8 Å². The lowest BCUT2D eigenvalue weighted by molar-refractivity contribution is 0.394. The lowest BCUT2D eigenvalue weighted by Gasteiger charge is -2.27. The SMILES string of the molecule is CCC(N)c1ccc2c(c1)CN(S(C)(=O)=O)CC2. The molecule has 2 rings (SSSR count). The molecule has 1 atom stereocenters. The third-order valence-corrected chi connectivity index (χ3v) is 4.79. The monoisotopic (exact) mass is 268 g/mol. The Hall–Kier alpha value is -0.910. The molecule has 2 N–H and O–H groups in total. The summed E-state index contributed by atoms with van der Waals surface area (Å²) in [6.07, 6.45) is 2.93. The van der Waals surface area contributed by atoms with Gasteiger partial charge in [0.25, 0.3) is 0 Å². The quantitative estimate of drug-likeness (QED) is 0.901. The summed E-state index contributed by atoms with van der Waals surface area (Å²) in [5, 5.41) is 0. The van der Waals surface area contributed by atoms with Crippen molar-refractivity contribution in [2.24, 2.45) is 5.73 Å². The van der Waals surface area contributed by atoms with Gasteiger partial charge in [-0.2, -0.15) is 4.31 Å². The van der Waals surface area contributed by atoms with Crippen molar-refractivity contribution in [3.05, 3.63) is 34.9 Å². The Labute approximate surface area is 109 Å². The Morgan fingerprint density at radius 2 is 2.11 bits per heavy atom. The molecule has 0 aromatic heterocycles. The summed E-state index contributed by atoms with van der Waals surface area (Å²) in [7, 11) is -3.11. The molecular formula is C13H20N2O2S. The van der Waals surface area contributed by atoms with E-state index in [1.807, 2.05) is 6.92 Å². The van der Waals surface area contributed by atoms with Crippen LogP contribution in [-0.4, -0.2) is 25.5 Å². The van der Waals surface area contributed by atoms with Crippen LogP contribution in [0.15, 0.2) is 18.2 Å². The summed E-state index contributed by atoms with van der Waals surface area (Å²) in [5.41, 5.74) is 9.43. The van der Waals surface area contributed by atoms with Gasteiger partial charge in [-0.05, 0) is 29.5 Å². The fraction of sp³-hybridized carbons (Fsp3) is 0.538. The van der Waals surface area contributed by atoms with E-state index in [0.29, 0.717) is 13.1 Å². The van der Waals surface area contributed by atoms with E-state index in [9.17, 15) is 8.42 Å². The molecule has 5 heteroatoms. The average Bonchev–Trinajstić information content (AvgIpc) is 2.35. The van der Waals surface area contributed by atoms with Gasteiger partial charge in [-0.1, -0.05) is 25.1 Å². The highest BCUT2D eigenvalue weighted by molar-refractivity contribution is 7.88. The maximum absolute atomic E-state index is 11.6. The van der Waals surface area contributed by atoms with E-state index in [4.69, 9.17) is 5.73 Å². The second-order valence-electron chi connectivity index (χ2n) is 4.89. The molecule has 0 spiro atoms. The van der Waals surface area contributed by atoms with E-state index in [2.05, 4.69) is 18.2 Å². The summed E-state index contributed by atoms with van der Waals surface area (Å²) >= 11 is 0. The van der Waals surface area contributed by atoms with Gasteiger partial charge in [0.15, 0.2) is 0 Å². The Morgan fingerprint density at radius 3 is 2.72 bits per heavy atom. The standard InChI is InChI=1S/C13H20N2O2S/c1-3-13(14)11-5-4-10-6-7-15(18(2,16)17)9-12(10)8-11/h4-5,8,13H,3,6-7,9,14H2,1-2H3. The maximum Gasteiger partial charge on any atom is 0.211 e. The van der Waals surface area contributed by atoms with E-state index in [-0.39, 0.29) is 6.04 Å². The maximum atomic E-state index is 11.6. The fourth-order valence-corrected chi connectivity index (χ4v) is 3.10. The molecule has 0 saturated heterocycles. The third-order valence-electron chi connectivity index (χ3n) is 3.54. The first-order valence-corrected chi connectivity index (χ1v) is 8.09. The lowest BCUT2D eigenvalue weighted by Crippen LogP contribution is -2.35. The van der Waals surface area contributed by atoms with Gasteiger partial charge in [-0.15, -0.1) is 0 Å². The number of benzene rings is 1. The molecule has 1 aromatic rings. The first-order valence-electron chi connectivity index (χ1n) is 6.24. The Morgan fingerprint density at radius 1 is 1.39 bits per heavy atom. The van der Waals surface area contributed by atoms with E-state index in [1.54, 1.807) is 0 Å². The molecule has 0 bridgehead atoms. The van der Waals surface area contributed by atoms with E-state index in [1.165, 1.54) is 16.1 Å². The van der Waals surface area contributed by atoms with Gasteiger partial charge in [0.05, 0.1) is 6.26 Å². The van der Waals surface area contributed by atoms with Crippen LogP contribution in [0.1, 0.15) is 36.1 Å². The van der Waals surface area contributed by atoms with Gasteiger partial charge in [0.1, 0.15) is 0 Å². The van der Waals surface area contributed by atoms with Gasteiger partial charge in [-0.3, -0.25) is 0 Å². The number of rotatable bonds is 3. The molecule has 0 radical (unpaired) electrons. The second-order valence-corrected chi connectivity index (χ2v) is 6.87. The second kappa shape index (κ2) is 4.99. The fourth-order valence-electron chi connectivity index (χ4n) is 2.30. The number of sulfonamides is 1. The lowest BCUT2D eigenvalue weighted by atomic mass is 9.95. The zero-order valence-electron chi connectivity index (χ0n) is 10.9. The number of nitrogens with two attached hydrogens (primary N) is 1. The molecule has 100 valence electrons. The Kier molecular flexibility index (Phi) is 3.75. The van der Waals surface area contributed by atoms with Gasteiger partial charge in [0.2, 0.25) is 10.0 Å². The van der Waals surface area contributed by atoms with Crippen LogP contribution in [0.25, 0.3) is 0 Å². The van der Waals surface area contributed by atoms with Crippen molar-refractivity contribution in [2.45, 2.75) is 32.4 Å². The zero-order chi connectivity index (χ0) is 13.3. The highest BCUT2D eigenvalue weighted by Gasteiger charge is 2.23. The molecule has 0 amide bonds. The Bertz CT molecular complexity index is 540. The molecule has 0 fully saturated rings. The molecule has 18 heavy (non-hydrogen) atoms. The van der Waals surface area contributed by atoms with E-state index >= 15 is 0 Å². The van der Waals surface area contributed by atoms with Gasteiger partial charge in [-0.25, -0.2) is 8.42 Å². The molecule has 1 aromatic carbocycles. The molecule has 0 saturated carbocycles. The van der Waals surface area contributed by atoms with Gasteiger partial charge in [0, 0.05) is 19.1 Å². The largest absolute Gasteiger partial charge is 0.324 e. The van der Waals surface area contributed by atoms with Crippen LogP contribution in [0.5, 0.6) is 0 Å². The van der Waals surface area contributed by atoms with Crippen LogP contribution in [0, 0.1) is 0 Å². The summed E-state index contributed by atoms with van der Waals surface area (Å²) in [6.45, 7) is 3.09. The molecule has 1 heterocycles. The van der Waals surface area contributed by atoms with Crippen molar-refractivity contribution in [3.63, 3.8) is 0 Å². The number of hydrogen-bond acceptors (Lipinski definition) is 3. The average molecular weight is 268 g/mol. The minimum Gasteiger partial charge on any atom is -0.324 e. The van der Waals surface area contributed by atoms with E-state index in [0.717, 1.165) is 24.0 Å². The summed E-state index contributed by atoms with van der Waals surface area (Å²) in [4.78, 5) is 0. The number of fused-ring (bicyclic) bond motifs is 1. The van der Waals surface area contributed by atoms with Crippen LogP contribution < -0.4 is 5.73 Å². The van der Waals surface area contributed by atoms with Crippen LogP contribution in [0.3, 0.4) is 0 Å². The first-order chi connectivity index (χ1) is 8.41. The molecular weight excluding hydrogens is 248 g/mol. The summed E-state index contributed by atoms with van der Waals surface area (Å²) in [6, 6.07) is 6.23. The first kappa shape index (κ1) is 13.5. The zero-order valence-corrected chi connectivity index (χ0v) is 11.7. The van der Waals surface area contributed by atoms with Crippen LogP contribution in [0.2, 0.25) is 0 Å². The summed E-state index contributed by atoms with van der Waals surface area (Å²) < 4.78 is 24.7. The minimum atomic E-state index is -3.11. The Balaban J connectivity index is 2.30. The van der Waals surface area contributed by atoms with Gasteiger partial charge >= 0.3 is 0 Å². The highest BCUT2D eigenvalue weighted by atomic mass is 32.2. The van der Waals surface area contributed by atoms with Gasteiger partial charge < -0.3 is 5.73 Å². The number of hydrogen-bond donors (Lipinski definition) is 1. The third kappa shape index (κ3) is 2.74. The predicted molar refractivity (Wildman–Crippen MR) is 72.6 cm³/mol. The molecule has 0 aliphatic carbocycles.